The van der Waals surface area contributed by atoms with Gasteiger partial charge in [-0.25, -0.2) is 0 Å². The van der Waals surface area contributed by atoms with Crippen molar-refractivity contribution in [2.24, 2.45) is 16.1 Å². The maximum Gasteiger partial charge on any atom is 0.305 e. The standard InChI is InChI=1S/C12H17N3O3S/c1-7-2-4-8(5-3-7)14-15-12-13-11(18)9(19-12)6-10(16)17/h7,9H,2-6H2,1H3,(H,16,17)(H,13,15,18)/t7?,9-/m1/s1. The molecule has 0 bridgehead atoms. The molecule has 104 valence electrons. The van der Waals surface area contributed by atoms with Gasteiger partial charge in [0.15, 0.2) is 5.17 Å². The Morgan fingerprint density at radius 2 is 2.11 bits per heavy atom. The summed E-state index contributed by atoms with van der Waals surface area (Å²) in [5.41, 5.74) is 1.06. The highest BCUT2D eigenvalue weighted by Gasteiger charge is 2.32. The molecule has 2 N–H and O–H groups in total. The topological polar surface area (TPSA) is 91.1 Å². The molecule has 0 spiro atoms. The van der Waals surface area contributed by atoms with E-state index < -0.39 is 11.2 Å². The summed E-state index contributed by atoms with van der Waals surface area (Å²) >= 11 is 1.14. The first-order chi connectivity index (χ1) is 9.04. The number of hydrogen-bond donors (Lipinski definition) is 2. The van der Waals surface area contributed by atoms with Crippen LogP contribution in [-0.2, 0) is 9.59 Å². The Morgan fingerprint density at radius 1 is 1.42 bits per heavy atom. The van der Waals surface area contributed by atoms with Crippen LogP contribution in [0.1, 0.15) is 39.0 Å². The minimum absolute atomic E-state index is 0.191. The molecule has 0 unspecified atom stereocenters. The lowest BCUT2D eigenvalue weighted by Gasteiger charge is -2.17. The largest absolute Gasteiger partial charge is 0.481 e. The summed E-state index contributed by atoms with van der Waals surface area (Å²) in [7, 11) is 0. The van der Waals surface area contributed by atoms with E-state index in [1.165, 1.54) is 0 Å². The third kappa shape index (κ3) is 4.05. The Labute approximate surface area is 115 Å². The zero-order valence-corrected chi connectivity index (χ0v) is 11.6. The van der Waals surface area contributed by atoms with Crippen molar-refractivity contribution in [1.82, 2.24) is 5.32 Å². The number of carbonyl (C=O) groups is 2. The SMILES string of the molecule is CC1CCC(=N/N=C2/NC(=O)[C@@H](CC(=O)O)S2)CC1. The first-order valence-corrected chi connectivity index (χ1v) is 7.25. The molecule has 1 amide bonds. The fourth-order valence-corrected chi connectivity index (χ4v) is 2.97. The van der Waals surface area contributed by atoms with Gasteiger partial charge >= 0.3 is 5.97 Å². The predicted octanol–water partition coefficient (Wildman–Crippen LogP) is 1.61. The summed E-state index contributed by atoms with van der Waals surface area (Å²) in [6.45, 7) is 2.23. The highest BCUT2D eigenvalue weighted by Crippen LogP contribution is 2.24. The average molecular weight is 283 g/mol. The highest BCUT2D eigenvalue weighted by atomic mass is 32.2. The summed E-state index contributed by atoms with van der Waals surface area (Å²) in [5.74, 6) is -0.544. The number of hydrogen-bond acceptors (Lipinski definition) is 5. The van der Waals surface area contributed by atoms with E-state index in [1.54, 1.807) is 0 Å². The third-order valence-electron chi connectivity index (χ3n) is 3.27. The second-order valence-electron chi connectivity index (χ2n) is 4.95. The van der Waals surface area contributed by atoms with Crippen LogP contribution in [-0.4, -0.2) is 33.1 Å². The van der Waals surface area contributed by atoms with Crippen LogP contribution in [0.15, 0.2) is 10.2 Å². The summed E-state index contributed by atoms with van der Waals surface area (Å²) < 4.78 is 0. The number of amidine groups is 1. The number of carbonyl (C=O) groups excluding carboxylic acids is 1. The number of amides is 1. The maximum absolute atomic E-state index is 11.5. The summed E-state index contributed by atoms with van der Waals surface area (Å²) in [6, 6.07) is 0. The Morgan fingerprint density at radius 3 is 2.74 bits per heavy atom. The van der Waals surface area contributed by atoms with Gasteiger partial charge in [0.2, 0.25) is 5.91 Å². The van der Waals surface area contributed by atoms with E-state index in [0.29, 0.717) is 5.17 Å². The number of carboxylic acid groups (broad SMARTS) is 1. The fourth-order valence-electron chi connectivity index (χ4n) is 2.06. The smallest absolute Gasteiger partial charge is 0.305 e. The average Bonchev–Trinajstić information content (AvgIpc) is 2.69. The highest BCUT2D eigenvalue weighted by molar-refractivity contribution is 8.15. The van der Waals surface area contributed by atoms with Gasteiger partial charge in [-0.3, -0.25) is 9.59 Å². The molecule has 1 aliphatic heterocycles. The van der Waals surface area contributed by atoms with E-state index >= 15 is 0 Å². The van der Waals surface area contributed by atoms with Gasteiger partial charge in [-0.1, -0.05) is 18.7 Å². The quantitative estimate of drug-likeness (QED) is 0.770. The molecule has 19 heavy (non-hydrogen) atoms. The van der Waals surface area contributed by atoms with Gasteiger partial charge in [0.1, 0.15) is 5.25 Å². The van der Waals surface area contributed by atoms with Gasteiger partial charge in [0.25, 0.3) is 0 Å². The van der Waals surface area contributed by atoms with Gasteiger partial charge in [-0.15, -0.1) is 5.10 Å². The minimum Gasteiger partial charge on any atom is -0.481 e. The summed E-state index contributed by atoms with van der Waals surface area (Å²) in [4.78, 5) is 22.1. The molecule has 2 fully saturated rings. The van der Waals surface area contributed by atoms with Crippen LogP contribution < -0.4 is 5.32 Å². The fraction of sp³-hybridized carbons (Fsp3) is 0.667. The Hall–Kier alpha value is -1.37. The molecule has 0 aromatic carbocycles. The molecule has 0 aromatic rings. The lowest BCUT2D eigenvalue weighted by molar-refractivity contribution is -0.138. The van der Waals surface area contributed by atoms with Crippen molar-refractivity contribution < 1.29 is 14.7 Å². The van der Waals surface area contributed by atoms with Gasteiger partial charge < -0.3 is 10.4 Å². The van der Waals surface area contributed by atoms with Crippen molar-refractivity contribution in [3.8, 4) is 0 Å². The molecular formula is C12H17N3O3S. The monoisotopic (exact) mass is 283 g/mol. The molecule has 6 nitrogen and oxygen atoms in total. The van der Waals surface area contributed by atoms with Crippen LogP contribution in [0.5, 0.6) is 0 Å². The number of aliphatic carboxylic acids is 1. The molecule has 2 aliphatic rings. The van der Waals surface area contributed by atoms with Gasteiger partial charge in [-0.2, -0.15) is 5.10 Å². The Balaban J connectivity index is 1.92. The van der Waals surface area contributed by atoms with Crippen molar-refractivity contribution in [2.45, 2.75) is 44.3 Å². The van der Waals surface area contributed by atoms with Crippen LogP contribution in [0.3, 0.4) is 0 Å². The Bertz CT molecular complexity index is 438. The van der Waals surface area contributed by atoms with E-state index in [-0.39, 0.29) is 12.3 Å². The van der Waals surface area contributed by atoms with Crippen molar-refractivity contribution in [3.63, 3.8) is 0 Å². The van der Waals surface area contributed by atoms with Crippen molar-refractivity contribution in [1.29, 1.82) is 0 Å². The molecule has 0 aromatic heterocycles. The first-order valence-electron chi connectivity index (χ1n) is 6.37. The second kappa shape index (κ2) is 6.18. The summed E-state index contributed by atoms with van der Waals surface area (Å²) in [6.07, 6.45) is 3.98. The third-order valence-corrected chi connectivity index (χ3v) is 4.34. The van der Waals surface area contributed by atoms with Crippen molar-refractivity contribution in [3.05, 3.63) is 0 Å². The molecule has 1 heterocycles. The molecule has 1 saturated heterocycles. The minimum atomic E-state index is -0.985. The van der Waals surface area contributed by atoms with Crippen LogP contribution >= 0.6 is 11.8 Å². The Kier molecular flexibility index (Phi) is 4.57. The number of nitrogens with zero attached hydrogens (tertiary/aromatic N) is 2. The van der Waals surface area contributed by atoms with Crippen LogP contribution in [0.2, 0.25) is 0 Å². The second-order valence-corrected chi connectivity index (χ2v) is 6.14. The van der Waals surface area contributed by atoms with Crippen molar-refractivity contribution in [2.75, 3.05) is 0 Å². The van der Waals surface area contributed by atoms with Crippen LogP contribution in [0.25, 0.3) is 0 Å². The maximum atomic E-state index is 11.5. The zero-order chi connectivity index (χ0) is 13.8. The number of carboxylic acids is 1. The lowest BCUT2D eigenvalue weighted by atomic mass is 9.90. The molecular weight excluding hydrogens is 266 g/mol. The number of rotatable bonds is 3. The number of nitrogens with one attached hydrogen (secondary N) is 1. The van der Waals surface area contributed by atoms with E-state index in [9.17, 15) is 9.59 Å². The van der Waals surface area contributed by atoms with Gasteiger partial charge in [0.05, 0.1) is 6.42 Å². The van der Waals surface area contributed by atoms with Crippen molar-refractivity contribution >= 4 is 34.5 Å². The summed E-state index contributed by atoms with van der Waals surface area (Å²) in [5, 5.41) is 19.2. The zero-order valence-electron chi connectivity index (χ0n) is 10.8. The predicted molar refractivity (Wildman–Crippen MR) is 74.3 cm³/mol. The molecule has 1 saturated carbocycles. The lowest BCUT2D eigenvalue weighted by Crippen LogP contribution is -2.26. The van der Waals surface area contributed by atoms with E-state index in [0.717, 1.165) is 49.1 Å². The van der Waals surface area contributed by atoms with E-state index in [1.807, 2.05) is 0 Å². The normalized spacial score (nSPS) is 29.4. The number of thioether (sulfide) groups is 1. The molecule has 0 radical (unpaired) electrons. The molecule has 7 heteroatoms. The van der Waals surface area contributed by atoms with Crippen LogP contribution in [0.4, 0.5) is 0 Å². The molecule has 2 rings (SSSR count). The molecule has 1 atom stereocenters. The molecule has 1 aliphatic carbocycles. The van der Waals surface area contributed by atoms with Gasteiger partial charge in [-0.05, 0) is 31.6 Å². The van der Waals surface area contributed by atoms with E-state index in [2.05, 4.69) is 22.4 Å². The van der Waals surface area contributed by atoms with Gasteiger partial charge in [0, 0.05) is 5.71 Å². The van der Waals surface area contributed by atoms with E-state index in [4.69, 9.17) is 5.11 Å². The first kappa shape index (κ1) is 14.0. The van der Waals surface area contributed by atoms with Crippen LogP contribution in [0, 0.1) is 5.92 Å².